The van der Waals surface area contributed by atoms with Gasteiger partial charge in [-0.25, -0.2) is 8.98 Å². The van der Waals surface area contributed by atoms with Crippen molar-refractivity contribution < 1.29 is 93.4 Å². The zero-order valence-corrected chi connectivity index (χ0v) is 55.5. The minimum Gasteiger partial charge on any atom is -0.478 e. The Hall–Kier alpha value is -5.85. The van der Waals surface area contributed by atoms with Crippen molar-refractivity contribution in [3.8, 4) is 0 Å². The molecule has 0 aliphatic heterocycles. The molecule has 1 aromatic carbocycles. The van der Waals surface area contributed by atoms with Gasteiger partial charge < -0.3 is 88.3 Å². The summed E-state index contributed by atoms with van der Waals surface area (Å²) in [6.07, 6.45) is 23.6. The molecule has 0 heterocycles. The van der Waals surface area contributed by atoms with Crippen molar-refractivity contribution in [3.63, 3.8) is 0 Å². The number of benzene rings is 1. The fourth-order valence-corrected chi connectivity index (χ4v) is 10.3. The van der Waals surface area contributed by atoms with Crippen molar-refractivity contribution in [1.29, 1.82) is 0 Å². The number of aliphatic hydroxyl groups excluding tert-OH is 13. The molecule has 0 spiro atoms. The molecule has 23 nitrogen and oxygen atoms in total. The minimum atomic E-state index is -4.91. The van der Waals surface area contributed by atoms with Crippen LogP contribution in [0.5, 0.6) is 0 Å². The Kier molecular flexibility index (Phi) is 46.3. The molecule has 0 fully saturated rings. The first kappa shape index (κ1) is 86.2. The van der Waals surface area contributed by atoms with Crippen LogP contribution in [-0.4, -0.2) is 194 Å². The highest BCUT2D eigenvalue weighted by Gasteiger charge is 2.32. The lowest BCUT2D eigenvalue weighted by Gasteiger charge is -2.32. The predicted octanol–water partition coefficient (Wildman–Crippen LogP) is 4.82. The minimum absolute atomic E-state index is 0.00997. The van der Waals surface area contributed by atoms with E-state index in [1.807, 2.05) is 61.6 Å². The van der Waals surface area contributed by atoms with Gasteiger partial charge in [0.05, 0.1) is 79.4 Å². The molecule has 0 saturated heterocycles. The summed E-state index contributed by atoms with van der Waals surface area (Å²) in [6.45, 7) is 7.54. The van der Waals surface area contributed by atoms with Crippen LogP contribution in [0.25, 0.3) is 0 Å². The van der Waals surface area contributed by atoms with Gasteiger partial charge >= 0.3 is 16.4 Å². The van der Waals surface area contributed by atoms with Crippen molar-refractivity contribution in [3.05, 3.63) is 181 Å². The SMILES string of the molecule is C\C(=C/C=C/C=C/CC/C=C/C(C)C(O)C(C)C(O)/C=C/C=C/C=C/C=C/C=C/C=C/CC(OS(=O)(=O)O)C(C)C(CC(O)CC(O)/C=C/CC(O)CC(O)CC(O)/C=C/CC(O)CC(O)C(O)C(O)CC(O)CC(O)CCCN=C(N)N)NCc1ccccc1)C(=O)O. The van der Waals surface area contributed by atoms with Crippen LogP contribution in [0, 0.1) is 17.8 Å². The number of rotatable bonds is 51. The smallest absolute Gasteiger partial charge is 0.397 e. The second-order valence-electron chi connectivity index (χ2n) is 23.8. The number of hydrogen-bond donors (Lipinski definition) is 18. The second kappa shape index (κ2) is 50.5. The second-order valence-corrected chi connectivity index (χ2v) is 24.8. The number of hydrogen-bond acceptors (Lipinski definition) is 19. The monoisotopic (exact) mass is 1340 g/mol. The third-order valence-corrected chi connectivity index (χ3v) is 15.8. The topological polar surface area (TPSA) is 440 Å². The number of nitrogens with zero attached hydrogens (tertiary/aromatic N) is 1. The van der Waals surface area contributed by atoms with Crippen LogP contribution in [-0.2, 0) is 25.9 Å². The highest BCUT2D eigenvalue weighted by Crippen LogP contribution is 2.25. The maximum absolute atomic E-state index is 12.1. The van der Waals surface area contributed by atoms with Gasteiger partial charge in [-0.2, -0.15) is 8.42 Å². The van der Waals surface area contributed by atoms with E-state index in [4.69, 9.17) is 20.8 Å². The molecule has 1 rings (SSSR count). The van der Waals surface area contributed by atoms with E-state index in [1.165, 1.54) is 37.3 Å². The van der Waals surface area contributed by atoms with Crippen molar-refractivity contribution in [2.45, 2.75) is 216 Å². The predicted molar refractivity (Wildman–Crippen MR) is 366 cm³/mol. The number of carboxylic acid groups (broad SMARTS) is 1. The molecular weight excluding hydrogens is 1230 g/mol. The first-order chi connectivity index (χ1) is 44.5. The number of aliphatic hydroxyl groups is 13. The summed E-state index contributed by atoms with van der Waals surface area (Å²) in [5, 5.41) is 149. The molecule has 0 aromatic heterocycles. The molecule has 94 heavy (non-hydrogen) atoms. The summed E-state index contributed by atoms with van der Waals surface area (Å²) >= 11 is 0. The van der Waals surface area contributed by atoms with Crippen molar-refractivity contribution >= 4 is 22.3 Å². The Labute approximate surface area is 556 Å². The van der Waals surface area contributed by atoms with Crippen LogP contribution in [0.15, 0.2) is 181 Å². The zero-order valence-electron chi connectivity index (χ0n) is 54.7. The lowest BCUT2D eigenvalue weighted by Crippen LogP contribution is -2.44. The summed E-state index contributed by atoms with van der Waals surface area (Å²) in [4.78, 5) is 14.6. The van der Waals surface area contributed by atoms with E-state index in [0.29, 0.717) is 19.5 Å². The summed E-state index contributed by atoms with van der Waals surface area (Å²) < 4.78 is 39.2. The van der Waals surface area contributed by atoms with Crippen LogP contribution < -0.4 is 16.8 Å². The Morgan fingerprint density at radius 2 is 1.05 bits per heavy atom. The average molecular weight is 1340 g/mol. The Morgan fingerprint density at radius 3 is 1.63 bits per heavy atom. The van der Waals surface area contributed by atoms with Gasteiger partial charge in [0.1, 0.15) is 6.10 Å². The summed E-state index contributed by atoms with van der Waals surface area (Å²) in [6, 6.07) is 8.75. The first-order valence-electron chi connectivity index (χ1n) is 32.1. The molecular formula is C70H110N4O19S. The van der Waals surface area contributed by atoms with E-state index in [0.717, 1.165) is 18.4 Å². The van der Waals surface area contributed by atoms with Crippen LogP contribution in [0.3, 0.4) is 0 Å². The molecule has 0 radical (unpaired) electrons. The molecule has 0 aliphatic rings. The maximum atomic E-state index is 12.1. The van der Waals surface area contributed by atoms with Crippen molar-refractivity contribution in [2.75, 3.05) is 6.54 Å². The van der Waals surface area contributed by atoms with E-state index in [-0.39, 0.29) is 88.1 Å². The number of aliphatic carboxylic acids is 1. The van der Waals surface area contributed by atoms with Gasteiger partial charge in [0.15, 0.2) is 5.96 Å². The molecule has 530 valence electrons. The van der Waals surface area contributed by atoms with Gasteiger partial charge in [-0.1, -0.05) is 191 Å². The standard InChI is InChI=1S/C70H110N4O19S/c1-49(29-20-15-11-10-12-16-21-30-50(2)69(88)89)67(86)52(4)63(83)38-24-17-13-8-6-5-7-9-14-18-25-39-66(93-94(90,91)92)51(3)62(74-48-53-31-22-19-23-32-53)45-60(81)43-56(77)34-26-33-54(75)41-59(80)42-55(76)35-27-36-58(79)46-64(84)68(87)65(85)47-61(82)44-57(78)37-28-40-73-70(71)72/h5-10,12-14,16-27,29-32,34-35,38,49,51-52,54-68,74-87H,11,15,28,33,36-37,39-48H2,1-4H3,(H,88,89)(H4,71,72,73)(H,90,91,92)/b7-5+,8-6+,12-10+,14-9+,17-13+,21-16+,25-18+,29-20+,34-26+,35-27+,38-24+,50-30+. The molecule has 1 aromatic rings. The van der Waals surface area contributed by atoms with Crippen LogP contribution in [0.1, 0.15) is 123 Å². The van der Waals surface area contributed by atoms with Gasteiger partial charge in [-0.15, -0.1) is 0 Å². The molecule has 0 saturated carbocycles. The number of carbonyl (C=O) groups is 1. The number of allylic oxidation sites excluding steroid dienone is 16. The van der Waals surface area contributed by atoms with E-state index in [1.54, 1.807) is 98.9 Å². The Balaban J connectivity index is 2.73. The normalized spacial score (nSPS) is 19.2. The van der Waals surface area contributed by atoms with Crippen LogP contribution >= 0.6 is 0 Å². The average Bonchev–Trinajstić information content (AvgIpc) is 1.13. The van der Waals surface area contributed by atoms with Crippen LogP contribution in [0.4, 0.5) is 0 Å². The van der Waals surface area contributed by atoms with Crippen LogP contribution in [0.2, 0.25) is 0 Å². The third-order valence-electron chi connectivity index (χ3n) is 15.3. The molecule has 18 unspecified atom stereocenters. The maximum Gasteiger partial charge on any atom is 0.397 e. The first-order valence-corrected chi connectivity index (χ1v) is 33.4. The van der Waals surface area contributed by atoms with Gasteiger partial charge in [0.25, 0.3) is 0 Å². The molecule has 0 amide bonds. The molecule has 20 N–H and O–H groups in total. The lowest BCUT2D eigenvalue weighted by atomic mass is 9.88. The van der Waals surface area contributed by atoms with Gasteiger partial charge in [-0.05, 0) is 82.6 Å². The van der Waals surface area contributed by atoms with E-state index in [9.17, 15) is 84.1 Å². The molecule has 18 atom stereocenters. The fourth-order valence-electron chi connectivity index (χ4n) is 9.70. The van der Waals surface area contributed by atoms with Crippen molar-refractivity contribution in [2.24, 2.45) is 34.2 Å². The molecule has 0 bridgehead atoms. The number of aliphatic imine (C=N–C) groups is 1. The summed E-state index contributed by atoms with van der Waals surface area (Å²) in [7, 11) is -4.91. The summed E-state index contributed by atoms with van der Waals surface area (Å²) in [5.41, 5.74) is 11.7. The molecule has 24 heteroatoms. The largest absolute Gasteiger partial charge is 0.478 e. The van der Waals surface area contributed by atoms with E-state index in [2.05, 4.69) is 10.3 Å². The Bertz CT molecular complexity index is 2730. The lowest BCUT2D eigenvalue weighted by molar-refractivity contribution is -0.132. The van der Waals surface area contributed by atoms with Gasteiger partial charge in [0, 0.05) is 62.2 Å². The summed E-state index contributed by atoms with van der Waals surface area (Å²) in [5.74, 6) is -2.28. The zero-order chi connectivity index (χ0) is 70.4. The fraction of sp³-hybridized carbons (Fsp3) is 0.543. The number of guanidine groups is 1. The number of nitrogens with two attached hydrogens (primary N) is 2. The Morgan fingerprint density at radius 1 is 0.553 bits per heavy atom. The number of unbranched alkanes of at least 4 members (excludes halogenated alkanes) is 1. The highest BCUT2D eigenvalue weighted by atomic mass is 32.3. The number of nitrogens with one attached hydrogen (secondary N) is 1. The quantitative estimate of drug-likeness (QED) is 0.00791. The van der Waals surface area contributed by atoms with E-state index < -0.39 is 120 Å². The third kappa shape index (κ3) is 44.0. The van der Waals surface area contributed by atoms with Gasteiger partial charge in [-0.3, -0.25) is 9.55 Å². The highest BCUT2D eigenvalue weighted by molar-refractivity contribution is 7.80. The van der Waals surface area contributed by atoms with Crippen molar-refractivity contribution in [1.82, 2.24) is 5.32 Å². The molecule has 0 aliphatic carbocycles. The number of carboxylic acids is 1. The van der Waals surface area contributed by atoms with Gasteiger partial charge in [0.2, 0.25) is 0 Å². The van der Waals surface area contributed by atoms with E-state index >= 15 is 0 Å².